The summed E-state index contributed by atoms with van der Waals surface area (Å²) < 4.78 is 10.6. The van der Waals surface area contributed by atoms with E-state index in [1.54, 1.807) is 14.0 Å². The molecule has 0 saturated heterocycles. The molecule has 0 fully saturated rings. The van der Waals surface area contributed by atoms with E-state index in [1.165, 1.54) is 5.56 Å². The van der Waals surface area contributed by atoms with Crippen LogP contribution < -0.4 is 10.1 Å². The molecule has 0 aliphatic carbocycles. The van der Waals surface area contributed by atoms with E-state index < -0.39 is 6.10 Å². The number of rotatable bonds is 5. The molecule has 1 aliphatic heterocycles. The molecule has 1 aliphatic rings. The largest absolute Gasteiger partial charge is 0.479 e. The van der Waals surface area contributed by atoms with E-state index in [-0.39, 0.29) is 5.91 Å². The number of anilines is 1. The number of benzene rings is 1. The molecule has 5 nitrogen and oxygen atoms in total. The van der Waals surface area contributed by atoms with Crippen molar-refractivity contribution < 1.29 is 14.3 Å². The number of likely N-dealkylation sites (N-methyl/N-ethyl adjacent to an activating group) is 1. The quantitative estimate of drug-likeness (QED) is 0.819. The number of hydrogen-bond acceptors (Lipinski definition) is 4. The smallest absolute Gasteiger partial charge is 0.265 e. The van der Waals surface area contributed by atoms with Crippen molar-refractivity contribution >= 4 is 11.6 Å². The monoisotopic (exact) mass is 264 g/mol. The van der Waals surface area contributed by atoms with Crippen molar-refractivity contribution in [2.24, 2.45) is 0 Å². The fourth-order valence-electron chi connectivity index (χ4n) is 2.02. The molecule has 1 N–H and O–H groups in total. The fourth-order valence-corrected chi connectivity index (χ4v) is 2.02. The van der Waals surface area contributed by atoms with Gasteiger partial charge in [0.05, 0.1) is 12.4 Å². The summed E-state index contributed by atoms with van der Waals surface area (Å²) in [7, 11) is 3.69. The Morgan fingerprint density at radius 2 is 2.26 bits per heavy atom. The first-order valence-electron chi connectivity index (χ1n) is 6.38. The summed E-state index contributed by atoms with van der Waals surface area (Å²) in [6, 6.07) is 5.92. The van der Waals surface area contributed by atoms with Crippen LogP contribution in [0.1, 0.15) is 12.5 Å². The highest BCUT2D eigenvalue weighted by Crippen LogP contribution is 2.30. The van der Waals surface area contributed by atoms with E-state index in [9.17, 15) is 4.79 Å². The molecule has 0 spiro atoms. The summed E-state index contributed by atoms with van der Waals surface area (Å²) in [5.74, 6) is 0.641. The average molecular weight is 264 g/mol. The predicted octanol–water partition coefficient (Wildman–Crippen LogP) is 1.48. The predicted molar refractivity (Wildman–Crippen MR) is 73.4 cm³/mol. The minimum atomic E-state index is -0.425. The summed E-state index contributed by atoms with van der Waals surface area (Å²) in [5.41, 5.74) is 1.93. The molecule has 0 saturated carbocycles. The molecule has 2 rings (SSSR count). The first kappa shape index (κ1) is 13.8. The van der Waals surface area contributed by atoms with Gasteiger partial charge in [0.2, 0.25) is 0 Å². The Morgan fingerprint density at radius 1 is 1.47 bits per heavy atom. The molecule has 5 heteroatoms. The number of methoxy groups -OCH3 is 1. The van der Waals surface area contributed by atoms with Crippen LogP contribution in [0.4, 0.5) is 5.69 Å². The van der Waals surface area contributed by atoms with Crippen molar-refractivity contribution in [2.75, 3.05) is 32.7 Å². The Kier molecular flexibility index (Phi) is 4.39. The molecule has 0 aromatic heterocycles. The van der Waals surface area contributed by atoms with Gasteiger partial charge in [-0.3, -0.25) is 9.69 Å². The summed E-state index contributed by atoms with van der Waals surface area (Å²) >= 11 is 0. The summed E-state index contributed by atoms with van der Waals surface area (Å²) in [5, 5.41) is 2.86. The van der Waals surface area contributed by atoms with Crippen LogP contribution in [0.3, 0.4) is 0 Å². The molecule has 104 valence electrons. The Hall–Kier alpha value is -1.59. The molecule has 1 aromatic carbocycles. The number of hydrogen-bond donors (Lipinski definition) is 1. The molecule has 1 unspecified atom stereocenters. The third-order valence-corrected chi connectivity index (χ3v) is 3.11. The highest BCUT2D eigenvalue weighted by Gasteiger charge is 2.23. The summed E-state index contributed by atoms with van der Waals surface area (Å²) in [6.45, 7) is 3.26. The average Bonchev–Trinajstić information content (AvgIpc) is 2.38. The van der Waals surface area contributed by atoms with Crippen molar-refractivity contribution in [1.82, 2.24) is 4.90 Å². The SMILES string of the molecule is COCN(C)CCc1ccc2c(c1)NC(=O)C(C)O2. The van der Waals surface area contributed by atoms with Crippen LogP contribution in [-0.2, 0) is 16.0 Å². The second kappa shape index (κ2) is 6.04. The van der Waals surface area contributed by atoms with Gasteiger partial charge < -0.3 is 14.8 Å². The Bertz CT molecular complexity index is 462. The van der Waals surface area contributed by atoms with E-state index in [2.05, 4.69) is 10.2 Å². The molecular formula is C14H20N2O3. The van der Waals surface area contributed by atoms with Gasteiger partial charge in [-0.2, -0.15) is 0 Å². The van der Waals surface area contributed by atoms with Gasteiger partial charge in [0.15, 0.2) is 6.10 Å². The number of amides is 1. The van der Waals surface area contributed by atoms with Crippen LogP contribution in [0.25, 0.3) is 0 Å². The van der Waals surface area contributed by atoms with Gasteiger partial charge in [0, 0.05) is 13.7 Å². The number of carbonyl (C=O) groups excluding carboxylic acids is 1. The van der Waals surface area contributed by atoms with E-state index >= 15 is 0 Å². The number of fused-ring (bicyclic) bond motifs is 1. The second-order valence-electron chi connectivity index (χ2n) is 4.83. The van der Waals surface area contributed by atoms with Crippen molar-refractivity contribution in [3.8, 4) is 5.75 Å². The van der Waals surface area contributed by atoms with Crippen molar-refractivity contribution in [2.45, 2.75) is 19.4 Å². The maximum atomic E-state index is 11.6. The van der Waals surface area contributed by atoms with Gasteiger partial charge in [-0.15, -0.1) is 0 Å². The lowest BCUT2D eigenvalue weighted by molar-refractivity contribution is -0.122. The molecule has 1 atom stereocenters. The molecular weight excluding hydrogens is 244 g/mol. The number of nitrogens with one attached hydrogen (secondary N) is 1. The second-order valence-corrected chi connectivity index (χ2v) is 4.83. The molecule has 1 heterocycles. The molecule has 19 heavy (non-hydrogen) atoms. The minimum Gasteiger partial charge on any atom is -0.479 e. The maximum Gasteiger partial charge on any atom is 0.265 e. The van der Waals surface area contributed by atoms with Gasteiger partial charge >= 0.3 is 0 Å². The van der Waals surface area contributed by atoms with Crippen LogP contribution >= 0.6 is 0 Å². The first-order valence-corrected chi connectivity index (χ1v) is 6.38. The standard InChI is InChI=1S/C14H20N2O3/c1-10-14(17)15-12-8-11(4-5-13(12)19-10)6-7-16(2)9-18-3/h4-5,8,10H,6-7,9H2,1-3H3,(H,15,17). The number of carbonyl (C=O) groups is 1. The van der Waals surface area contributed by atoms with Gasteiger partial charge in [0.25, 0.3) is 5.91 Å². The third kappa shape index (κ3) is 3.45. The minimum absolute atomic E-state index is 0.0962. The van der Waals surface area contributed by atoms with Crippen molar-refractivity contribution in [3.63, 3.8) is 0 Å². The van der Waals surface area contributed by atoms with Gasteiger partial charge in [-0.05, 0) is 38.1 Å². The third-order valence-electron chi connectivity index (χ3n) is 3.11. The normalized spacial score (nSPS) is 17.9. The molecule has 1 aromatic rings. The van der Waals surface area contributed by atoms with Crippen LogP contribution in [0, 0.1) is 0 Å². The van der Waals surface area contributed by atoms with Gasteiger partial charge in [-0.1, -0.05) is 6.07 Å². The first-order chi connectivity index (χ1) is 9.10. The van der Waals surface area contributed by atoms with E-state index in [0.29, 0.717) is 6.73 Å². The Labute approximate surface area is 113 Å². The zero-order valence-electron chi connectivity index (χ0n) is 11.6. The van der Waals surface area contributed by atoms with Crippen LogP contribution in [0.2, 0.25) is 0 Å². The van der Waals surface area contributed by atoms with E-state index in [1.807, 2.05) is 25.2 Å². The van der Waals surface area contributed by atoms with Crippen LogP contribution in [0.5, 0.6) is 5.75 Å². The van der Waals surface area contributed by atoms with Gasteiger partial charge in [0.1, 0.15) is 5.75 Å². The van der Waals surface area contributed by atoms with Crippen LogP contribution in [0.15, 0.2) is 18.2 Å². The summed E-state index contributed by atoms with van der Waals surface area (Å²) in [6.07, 6.45) is 0.477. The lowest BCUT2D eigenvalue weighted by Gasteiger charge is -2.24. The van der Waals surface area contributed by atoms with E-state index in [0.717, 1.165) is 24.4 Å². The van der Waals surface area contributed by atoms with Crippen LogP contribution in [-0.4, -0.2) is 44.3 Å². The summed E-state index contributed by atoms with van der Waals surface area (Å²) in [4.78, 5) is 13.7. The van der Waals surface area contributed by atoms with Crippen molar-refractivity contribution in [1.29, 1.82) is 0 Å². The lowest BCUT2D eigenvalue weighted by atomic mass is 10.1. The Balaban J connectivity index is 2.01. The lowest BCUT2D eigenvalue weighted by Crippen LogP contribution is -2.34. The topological polar surface area (TPSA) is 50.8 Å². The van der Waals surface area contributed by atoms with Gasteiger partial charge in [-0.25, -0.2) is 0 Å². The van der Waals surface area contributed by atoms with Crippen molar-refractivity contribution in [3.05, 3.63) is 23.8 Å². The zero-order chi connectivity index (χ0) is 13.8. The maximum absolute atomic E-state index is 11.6. The highest BCUT2D eigenvalue weighted by atomic mass is 16.5. The van der Waals surface area contributed by atoms with E-state index in [4.69, 9.17) is 9.47 Å². The zero-order valence-corrected chi connectivity index (χ0v) is 11.6. The molecule has 0 bridgehead atoms. The number of nitrogens with zero attached hydrogens (tertiary/aromatic N) is 1. The Morgan fingerprint density at radius 3 is 3.00 bits per heavy atom. The number of ether oxygens (including phenoxy) is 2. The molecule has 0 radical (unpaired) electrons. The highest BCUT2D eigenvalue weighted by molar-refractivity contribution is 5.97. The molecule has 1 amide bonds. The fraction of sp³-hybridized carbons (Fsp3) is 0.500.